The Kier molecular flexibility index (Phi) is 4.40. The summed E-state index contributed by atoms with van der Waals surface area (Å²) in [6, 6.07) is 13.1. The highest BCUT2D eigenvalue weighted by Gasteiger charge is 2.12. The first kappa shape index (κ1) is 14.1. The Hall–Kier alpha value is -2.30. The summed E-state index contributed by atoms with van der Waals surface area (Å²) in [6.07, 6.45) is 0. The molecule has 0 spiro atoms. The molecule has 0 amide bonds. The van der Waals surface area contributed by atoms with E-state index < -0.39 is 6.61 Å². The molecule has 3 nitrogen and oxygen atoms in total. The van der Waals surface area contributed by atoms with Crippen molar-refractivity contribution in [1.29, 1.82) is 0 Å². The predicted octanol–water partition coefficient (Wildman–Crippen LogP) is 4.17. The fourth-order valence-corrected chi connectivity index (χ4v) is 1.90. The van der Waals surface area contributed by atoms with Crippen molar-refractivity contribution in [3.63, 3.8) is 0 Å². The van der Waals surface area contributed by atoms with Crippen LogP contribution in [0.15, 0.2) is 48.5 Å². The zero-order valence-electron chi connectivity index (χ0n) is 10.9. The van der Waals surface area contributed by atoms with E-state index in [-0.39, 0.29) is 17.5 Å². The van der Waals surface area contributed by atoms with E-state index in [2.05, 4.69) is 10.1 Å². The number of phenols is 1. The lowest BCUT2D eigenvalue weighted by Crippen LogP contribution is -2.09. The molecule has 0 aliphatic heterocycles. The first-order valence-electron chi connectivity index (χ1n) is 6.15. The minimum Gasteiger partial charge on any atom is -0.508 e. The fourth-order valence-electron chi connectivity index (χ4n) is 1.90. The number of para-hydroxylation sites is 2. The molecule has 0 radical (unpaired) electrons. The number of benzene rings is 2. The summed E-state index contributed by atoms with van der Waals surface area (Å²) >= 11 is 0. The third kappa shape index (κ3) is 3.60. The van der Waals surface area contributed by atoms with Gasteiger partial charge in [-0.05, 0) is 36.8 Å². The third-order valence-corrected chi connectivity index (χ3v) is 2.85. The monoisotopic (exact) mass is 279 g/mol. The second-order valence-corrected chi connectivity index (χ2v) is 4.34. The van der Waals surface area contributed by atoms with Crippen molar-refractivity contribution >= 4 is 5.69 Å². The van der Waals surface area contributed by atoms with Gasteiger partial charge in [-0.25, -0.2) is 0 Å². The fraction of sp³-hybridized carbons (Fsp3) is 0.200. The van der Waals surface area contributed by atoms with E-state index in [1.807, 2.05) is 13.0 Å². The molecule has 2 N–H and O–H groups in total. The normalized spacial score (nSPS) is 12.2. The van der Waals surface area contributed by atoms with E-state index in [0.29, 0.717) is 5.69 Å². The Morgan fingerprint density at radius 1 is 1.10 bits per heavy atom. The van der Waals surface area contributed by atoms with E-state index in [4.69, 9.17) is 0 Å². The highest BCUT2D eigenvalue weighted by atomic mass is 19.3. The molecule has 0 saturated heterocycles. The van der Waals surface area contributed by atoms with Crippen LogP contribution in [0.2, 0.25) is 0 Å². The standard InChI is InChI=1S/C15H15F2NO2/c1-10(11-5-4-6-12(19)9-11)18-13-7-2-3-8-14(13)20-15(16)17/h2-10,15,18-19H,1H3. The first-order valence-corrected chi connectivity index (χ1v) is 6.15. The molecule has 0 aliphatic rings. The maximum Gasteiger partial charge on any atom is 0.387 e. The quantitative estimate of drug-likeness (QED) is 0.863. The van der Waals surface area contributed by atoms with Crippen LogP contribution in [0, 0.1) is 0 Å². The number of halogens is 2. The van der Waals surface area contributed by atoms with Crippen LogP contribution in [-0.2, 0) is 0 Å². The highest BCUT2D eigenvalue weighted by Crippen LogP contribution is 2.29. The maximum atomic E-state index is 12.3. The van der Waals surface area contributed by atoms with E-state index in [1.165, 1.54) is 6.07 Å². The zero-order chi connectivity index (χ0) is 14.5. The maximum absolute atomic E-state index is 12.3. The Bertz CT molecular complexity index is 575. The van der Waals surface area contributed by atoms with Crippen LogP contribution >= 0.6 is 0 Å². The average Bonchev–Trinajstić information content (AvgIpc) is 2.40. The van der Waals surface area contributed by atoms with Gasteiger partial charge in [0.15, 0.2) is 0 Å². The van der Waals surface area contributed by atoms with Crippen molar-refractivity contribution in [2.75, 3.05) is 5.32 Å². The molecule has 0 fully saturated rings. The highest BCUT2D eigenvalue weighted by molar-refractivity contribution is 5.57. The van der Waals surface area contributed by atoms with E-state index in [1.54, 1.807) is 36.4 Å². The molecule has 0 aliphatic carbocycles. The van der Waals surface area contributed by atoms with Gasteiger partial charge in [0.1, 0.15) is 11.5 Å². The molecular formula is C15H15F2NO2. The first-order chi connectivity index (χ1) is 9.56. The lowest BCUT2D eigenvalue weighted by molar-refractivity contribution is -0.0493. The Labute approximate surface area is 115 Å². The summed E-state index contributed by atoms with van der Waals surface area (Å²) in [4.78, 5) is 0. The van der Waals surface area contributed by atoms with Crippen molar-refractivity contribution in [2.45, 2.75) is 19.6 Å². The van der Waals surface area contributed by atoms with Gasteiger partial charge in [0.05, 0.1) is 5.69 Å². The zero-order valence-corrected chi connectivity index (χ0v) is 10.9. The van der Waals surface area contributed by atoms with Crippen molar-refractivity contribution in [2.24, 2.45) is 0 Å². The van der Waals surface area contributed by atoms with Gasteiger partial charge in [-0.1, -0.05) is 24.3 Å². The number of phenolic OH excluding ortho intramolecular Hbond substituents is 1. The minimum absolute atomic E-state index is 0.0921. The molecule has 106 valence electrons. The number of alkyl halides is 2. The van der Waals surface area contributed by atoms with Gasteiger partial charge < -0.3 is 15.2 Å². The molecule has 0 saturated carbocycles. The second kappa shape index (κ2) is 6.23. The Morgan fingerprint density at radius 2 is 1.85 bits per heavy atom. The third-order valence-electron chi connectivity index (χ3n) is 2.85. The topological polar surface area (TPSA) is 41.5 Å². The van der Waals surface area contributed by atoms with Gasteiger partial charge in [0.2, 0.25) is 0 Å². The van der Waals surface area contributed by atoms with Gasteiger partial charge in [0.25, 0.3) is 0 Å². The van der Waals surface area contributed by atoms with Crippen LogP contribution < -0.4 is 10.1 Å². The van der Waals surface area contributed by atoms with Crippen LogP contribution in [0.3, 0.4) is 0 Å². The SMILES string of the molecule is CC(Nc1ccccc1OC(F)F)c1cccc(O)c1. The summed E-state index contributed by atoms with van der Waals surface area (Å²) in [6.45, 7) is -0.998. The van der Waals surface area contributed by atoms with Crippen LogP contribution in [0.25, 0.3) is 0 Å². The molecule has 2 aromatic carbocycles. The van der Waals surface area contributed by atoms with Crippen LogP contribution in [-0.4, -0.2) is 11.7 Å². The largest absolute Gasteiger partial charge is 0.508 e. The van der Waals surface area contributed by atoms with Gasteiger partial charge >= 0.3 is 6.61 Å². The van der Waals surface area contributed by atoms with Crippen molar-refractivity contribution in [1.82, 2.24) is 0 Å². The number of anilines is 1. The molecule has 5 heteroatoms. The number of rotatable bonds is 5. The van der Waals surface area contributed by atoms with Crippen LogP contribution in [0.5, 0.6) is 11.5 Å². The second-order valence-electron chi connectivity index (χ2n) is 4.34. The number of aromatic hydroxyl groups is 1. The average molecular weight is 279 g/mol. The van der Waals surface area contributed by atoms with Crippen molar-refractivity contribution in [3.05, 3.63) is 54.1 Å². The summed E-state index contributed by atoms with van der Waals surface area (Å²) in [5, 5.41) is 12.5. The molecule has 2 rings (SSSR count). The van der Waals surface area contributed by atoms with Crippen molar-refractivity contribution in [3.8, 4) is 11.5 Å². The van der Waals surface area contributed by atoms with E-state index in [9.17, 15) is 13.9 Å². The molecule has 20 heavy (non-hydrogen) atoms. The Balaban J connectivity index is 2.17. The number of nitrogens with one attached hydrogen (secondary N) is 1. The number of hydrogen-bond acceptors (Lipinski definition) is 3. The van der Waals surface area contributed by atoms with E-state index >= 15 is 0 Å². The molecular weight excluding hydrogens is 264 g/mol. The van der Waals surface area contributed by atoms with Gasteiger partial charge in [-0.15, -0.1) is 0 Å². The molecule has 2 aromatic rings. The smallest absolute Gasteiger partial charge is 0.387 e. The number of hydrogen-bond donors (Lipinski definition) is 2. The van der Waals surface area contributed by atoms with Crippen molar-refractivity contribution < 1.29 is 18.6 Å². The van der Waals surface area contributed by atoms with E-state index in [0.717, 1.165) is 5.56 Å². The summed E-state index contributed by atoms with van der Waals surface area (Å²) in [7, 11) is 0. The summed E-state index contributed by atoms with van der Waals surface area (Å²) < 4.78 is 29.1. The molecule has 1 atom stereocenters. The molecule has 0 bridgehead atoms. The van der Waals surface area contributed by atoms with Gasteiger partial charge in [-0.3, -0.25) is 0 Å². The lowest BCUT2D eigenvalue weighted by atomic mass is 10.1. The van der Waals surface area contributed by atoms with Crippen LogP contribution in [0.1, 0.15) is 18.5 Å². The Morgan fingerprint density at radius 3 is 2.55 bits per heavy atom. The summed E-state index contributed by atoms with van der Waals surface area (Å²) in [5.74, 6) is 0.253. The molecule has 1 unspecified atom stereocenters. The number of ether oxygens (including phenoxy) is 1. The van der Waals surface area contributed by atoms with Gasteiger partial charge in [-0.2, -0.15) is 8.78 Å². The summed E-state index contributed by atoms with van der Waals surface area (Å²) in [5.41, 5.74) is 1.32. The molecule has 0 aromatic heterocycles. The predicted molar refractivity (Wildman–Crippen MR) is 73.2 cm³/mol. The van der Waals surface area contributed by atoms with Gasteiger partial charge in [0, 0.05) is 6.04 Å². The lowest BCUT2D eigenvalue weighted by Gasteiger charge is -2.18. The molecule has 0 heterocycles. The minimum atomic E-state index is -2.87. The van der Waals surface area contributed by atoms with Crippen LogP contribution in [0.4, 0.5) is 14.5 Å².